The lowest BCUT2D eigenvalue weighted by Crippen LogP contribution is -2.37. The molecule has 0 fully saturated rings. The summed E-state index contributed by atoms with van der Waals surface area (Å²) in [4.78, 5) is 19.1. The summed E-state index contributed by atoms with van der Waals surface area (Å²) in [7, 11) is 0. The number of carbonyl (C=O) groups is 1. The van der Waals surface area contributed by atoms with Crippen molar-refractivity contribution in [3.8, 4) is 6.07 Å². The predicted molar refractivity (Wildman–Crippen MR) is 121 cm³/mol. The van der Waals surface area contributed by atoms with Gasteiger partial charge in [-0.05, 0) is 74.3 Å². The fraction of sp³-hybridized carbons (Fsp3) is 0.190. The molecule has 0 saturated heterocycles. The number of nitrogens with zero attached hydrogens (tertiary/aromatic N) is 2. The molecule has 0 atom stereocenters. The van der Waals surface area contributed by atoms with Crippen molar-refractivity contribution in [3.05, 3.63) is 57.6 Å². The highest BCUT2D eigenvalue weighted by Crippen LogP contribution is 2.28. The number of thioether (sulfide) groups is 1. The van der Waals surface area contributed by atoms with E-state index in [9.17, 15) is 10.1 Å². The lowest BCUT2D eigenvalue weighted by atomic mass is 10.1. The second-order valence-electron chi connectivity index (χ2n) is 6.41. The minimum Gasteiger partial charge on any atom is -0.337 e. The third-order valence-corrected chi connectivity index (χ3v) is 6.14. The summed E-state index contributed by atoms with van der Waals surface area (Å²) in [6, 6.07) is 15.5. The molecule has 1 amide bonds. The second kappa shape index (κ2) is 8.74. The molecule has 7 heteroatoms. The van der Waals surface area contributed by atoms with Crippen LogP contribution in [0, 0.1) is 15.3 Å². The highest BCUT2D eigenvalue weighted by atomic mass is 32.2. The van der Waals surface area contributed by atoms with Gasteiger partial charge in [-0.3, -0.25) is 4.79 Å². The summed E-state index contributed by atoms with van der Waals surface area (Å²) in [6.07, 6.45) is 3.65. The van der Waals surface area contributed by atoms with Crippen molar-refractivity contribution in [2.75, 3.05) is 11.2 Å². The Morgan fingerprint density at radius 2 is 2.00 bits per heavy atom. The summed E-state index contributed by atoms with van der Waals surface area (Å²) in [5, 5.41) is 9.62. The SMILES string of the molecule is CSc1ccc(C=C(C#N)C(=O)N(c2ccc3[nH]c(=S)sc3c2)C(C)C)cc1. The Morgan fingerprint density at radius 3 is 2.61 bits per heavy atom. The van der Waals surface area contributed by atoms with E-state index in [0.717, 1.165) is 26.4 Å². The molecular weight excluding hydrogens is 406 g/mol. The van der Waals surface area contributed by atoms with Crippen LogP contribution < -0.4 is 4.90 Å². The Kier molecular flexibility index (Phi) is 6.35. The number of carbonyl (C=O) groups excluding carboxylic acids is 1. The molecule has 142 valence electrons. The molecule has 0 bridgehead atoms. The van der Waals surface area contributed by atoms with E-state index in [4.69, 9.17) is 12.2 Å². The van der Waals surface area contributed by atoms with Crippen LogP contribution in [0.5, 0.6) is 0 Å². The summed E-state index contributed by atoms with van der Waals surface area (Å²) in [6.45, 7) is 3.87. The Morgan fingerprint density at radius 1 is 1.29 bits per heavy atom. The second-order valence-corrected chi connectivity index (χ2v) is 9.01. The van der Waals surface area contributed by atoms with E-state index >= 15 is 0 Å². The monoisotopic (exact) mass is 425 g/mol. The largest absolute Gasteiger partial charge is 0.337 e. The molecular formula is C21H19N3OS3. The van der Waals surface area contributed by atoms with E-state index in [2.05, 4.69) is 11.1 Å². The Hall–Kier alpha value is -2.40. The number of H-pyrrole nitrogens is 1. The molecule has 0 spiro atoms. The number of thiazole rings is 1. The number of anilines is 1. The average molecular weight is 426 g/mol. The zero-order valence-corrected chi connectivity index (χ0v) is 18.2. The van der Waals surface area contributed by atoms with Crippen molar-refractivity contribution < 1.29 is 4.79 Å². The number of hydrogen-bond donors (Lipinski definition) is 1. The molecule has 3 aromatic rings. The third-order valence-electron chi connectivity index (χ3n) is 4.20. The molecule has 0 saturated carbocycles. The van der Waals surface area contributed by atoms with E-state index in [1.807, 2.05) is 62.6 Å². The molecule has 0 radical (unpaired) electrons. The number of hydrogen-bond acceptors (Lipinski definition) is 5. The number of aromatic nitrogens is 1. The number of nitrogens with one attached hydrogen (secondary N) is 1. The fourth-order valence-electron chi connectivity index (χ4n) is 2.87. The van der Waals surface area contributed by atoms with Crippen LogP contribution in [0.3, 0.4) is 0 Å². The zero-order chi connectivity index (χ0) is 20.3. The van der Waals surface area contributed by atoms with E-state index < -0.39 is 0 Å². The molecule has 0 unspecified atom stereocenters. The molecule has 0 aliphatic heterocycles. The van der Waals surface area contributed by atoms with Crippen LogP contribution in [0.25, 0.3) is 16.3 Å². The van der Waals surface area contributed by atoms with Crippen LogP contribution in [0.15, 0.2) is 52.9 Å². The molecule has 3 rings (SSSR count). The summed E-state index contributed by atoms with van der Waals surface area (Å²) in [5.74, 6) is -0.315. The van der Waals surface area contributed by atoms with E-state index in [1.54, 1.807) is 22.7 Å². The molecule has 4 nitrogen and oxygen atoms in total. The smallest absolute Gasteiger partial charge is 0.269 e. The van der Waals surface area contributed by atoms with E-state index in [-0.39, 0.29) is 17.5 Å². The standard InChI is InChI=1S/C21H19N3OS3/c1-13(2)24(16-6-9-18-19(11-16)28-21(26)23-18)20(25)15(12-22)10-14-4-7-17(27-3)8-5-14/h4-11,13H,1-3H3,(H,23,26). The van der Waals surface area contributed by atoms with Crippen LogP contribution in [-0.2, 0) is 4.79 Å². The van der Waals surface area contributed by atoms with Crippen molar-refractivity contribution in [2.24, 2.45) is 0 Å². The number of aromatic amines is 1. The van der Waals surface area contributed by atoms with Gasteiger partial charge >= 0.3 is 0 Å². The molecule has 0 aliphatic carbocycles. The van der Waals surface area contributed by atoms with Gasteiger partial charge in [0.15, 0.2) is 3.95 Å². The van der Waals surface area contributed by atoms with E-state index in [1.165, 1.54) is 11.3 Å². The maximum Gasteiger partial charge on any atom is 0.269 e. The molecule has 28 heavy (non-hydrogen) atoms. The lowest BCUT2D eigenvalue weighted by Gasteiger charge is -2.26. The molecule has 2 aromatic carbocycles. The highest BCUT2D eigenvalue weighted by molar-refractivity contribution is 7.98. The van der Waals surface area contributed by atoms with Gasteiger partial charge in [0.1, 0.15) is 11.6 Å². The minimum atomic E-state index is -0.315. The van der Waals surface area contributed by atoms with Crippen molar-refractivity contribution in [2.45, 2.75) is 24.8 Å². The predicted octanol–water partition coefficient (Wildman–Crippen LogP) is 6.03. The Labute approximate surface area is 177 Å². The quantitative estimate of drug-likeness (QED) is 0.235. The first-order chi connectivity index (χ1) is 13.4. The first-order valence-electron chi connectivity index (χ1n) is 8.65. The first kappa shape index (κ1) is 20.3. The van der Waals surface area contributed by atoms with Gasteiger partial charge in [-0.1, -0.05) is 12.1 Å². The number of nitriles is 1. The molecule has 0 aliphatic rings. The van der Waals surface area contributed by atoms with E-state index in [0.29, 0.717) is 3.95 Å². The lowest BCUT2D eigenvalue weighted by molar-refractivity contribution is -0.115. The van der Waals surface area contributed by atoms with Gasteiger partial charge in [-0.15, -0.1) is 23.1 Å². The van der Waals surface area contributed by atoms with Crippen molar-refractivity contribution in [1.82, 2.24) is 4.98 Å². The van der Waals surface area contributed by atoms with Crippen LogP contribution in [0.4, 0.5) is 5.69 Å². The van der Waals surface area contributed by atoms with Crippen LogP contribution in [0.1, 0.15) is 19.4 Å². The fourth-order valence-corrected chi connectivity index (χ4v) is 4.43. The topological polar surface area (TPSA) is 59.9 Å². The molecule has 1 aromatic heterocycles. The molecule has 1 N–H and O–H groups in total. The maximum atomic E-state index is 13.2. The van der Waals surface area contributed by atoms with Gasteiger partial charge in [-0.2, -0.15) is 5.26 Å². The molecule has 1 heterocycles. The van der Waals surface area contributed by atoms with Crippen LogP contribution in [0.2, 0.25) is 0 Å². The normalized spacial score (nSPS) is 11.6. The summed E-state index contributed by atoms with van der Waals surface area (Å²) >= 11 is 8.32. The Balaban J connectivity index is 1.98. The third kappa shape index (κ3) is 4.36. The van der Waals surface area contributed by atoms with Crippen LogP contribution in [-0.4, -0.2) is 23.2 Å². The summed E-state index contributed by atoms with van der Waals surface area (Å²) < 4.78 is 1.68. The first-order valence-corrected chi connectivity index (χ1v) is 11.1. The van der Waals surface area contributed by atoms with Crippen molar-refractivity contribution in [1.29, 1.82) is 5.26 Å². The number of amides is 1. The van der Waals surface area contributed by atoms with Gasteiger partial charge in [0.25, 0.3) is 5.91 Å². The zero-order valence-electron chi connectivity index (χ0n) is 15.7. The number of fused-ring (bicyclic) bond motifs is 1. The van der Waals surface area contributed by atoms with Gasteiger partial charge in [-0.25, -0.2) is 0 Å². The Bertz CT molecular complexity index is 1130. The highest BCUT2D eigenvalue weighted by Gasteiger charge is 2.23. The van der Waals surface area contributed by atoms with Gasteiger partial charge in [0.2, 0.25) is 0 Å². The van der Waals surface area contributed by atoms with Crippen molar-refractivity contribution in [3.63, 3.8) is 0 Å². The van der Waals surface area contributed by atoms with Gasteiger partial charge < -0.3 is 9.88 Å². The van der Waals surface area contributed by atoms with Crippen molar-refractivity contribution >= 4 is 63.2 Å². The number of benzene rings is 2. The van der Waals surface area contributed by atoms with Gasteiger partial charge in [0, 0.05) is 16.6 Å². The minimum absolute atomic E-state index is 0.104. The summed E-state index contributed by atoms with van der Waals surface area (Å²) in [5.41, 5.74) is 2.62. The number of rotatable bonds is 5. The van der Waals surface area contributed by atoms with Gasteiger partial charge in [0.05, 0.1) is 10.2 Å². The van der Waals surface area contributed by atoms with Crippen LogP contribution >= 0.6 is 35.3 Å². The average Bonchev–Trinajstić information content (AvgIpc) is 3.05. The maximum absolute atomic E-state index is 13.2.